The van der Waals surface area contributed by atoms with E-state index in [-0.39, 0.29) is 24.5 Å². The molecule has 98 valence electrons. The Balaban J connectivity index is 2.13. The summed E-state index contributed by atoms with van der Waals surface area (Å²) in [5.74, 6) is -1.30. The number of methoxy groups -OCH3 is 1. The minimum Gasteiger partial charge on any atom is -0.481 e. The molecule has 6 nitrogen and oxygen atoms in total. The lowest BCUT2D eigenvalue weighted by atomic mass is 10.1. The first-order valence-corrected chi connectivity index (χ1v) is 5.72. The van der Waals surface area contributed by atoms with Crippen molar-refractivity contribution in [2.45, 2.75) is 25.3 Å². The van der Waals surface area contributed by atoms with E-state index >= 15 is 0 Å². The van der Waals surface area contributed by atoms with Gasteiger partial charge in [0.1, 0.15) is 6.61 Å². The number of rotatable bonds is 7. The summed E-state index contributed by atoms with van der Waals surface area (Å²) < 4.78 is 9.84. The first-order valence-electron chi connectivity index (χ1n) is 5.72. The molecule has 6 heteroatoms. The zero-order chi connectivity index (χ0) is 12.7. The number of ether oxygens (including phenoxy) is 2. The third kappa shape index (κ3) is 5.14. The monoisotopic (exact) mass is 245 g/mol. The Morgan fingerprint density at radius 3 is 2.71 bits per heavy atom. The second-order valence-electron chi connectivity index (χ2n) is 4.16. The van der Waals surface area contributed by atoms with Gasteiger partial charge in [-0.05, 0) is 19.3 Å². The first kappa shape index (κ1) is 13.9. The van der Waals surface area contributed by atoms with Crippen LogP contribution in [0, 0.1) is 5.92 Å². The van der Waals surface area contributed by atoms with Gasteiger partial charge in [-0.3, -0.25) is 9.59 Å². The fourth-order valence-electron chi connectivity index (χ4n) is 1.91. The number of hydrogen-bond donors (Lipinski definition) is 2. The van der Waals surface area contributed by atoms with Crippen LogP contribution in [0.15, 0.2) is 0 Å². The quantitative estimate of drug-likeness (QED) is 0.618. The highest BCUT2D eigenvalue weighted by Gasteiger charge is 2.30. The van der Waals surface area contributed by atoms with E-state index in [0.29, 0.717) is 26.1 Å². The van der Waals surface area contributed by atoms with Crippen molar-refractivity contribution in [1.29, 1.82) is 0 Å². The summed E-state index contributed by atoms with van der Waals surface area (Å²) in [5.41, 5.74) is 0. The van der Waals surface area contributed by atoms with E-state index in [1.54, 1.807) is 7.11 Å². The summed E-state index contributed by atoms with van der Waals surface area (Å²) in [6.07, 6.45) is 1.87. The number of hydrogen-bond acceptors (Lipinski definition) is 4. The normalized spacial score (nSPS) is 23.6. The van der Waals surface area contributed by atoms with Gasteiger partial charge in [-0.2, -0.15) is 0 Å². The van der Waals surface area contributed by atoms with Crippen LogP contribution in [-0.2, 0) is 19.1 Å². The maximum atomic E-state index is 11.4. The largest absolute Gasteiger partial charge is 0.481 e. The van der Waals surface area contributed by atoms with E-state index in [2.05, 4.69) is 5.32 Å². The molecule has 0 heterocycles. The number of aliphatic carboxylic acids is 1. The molecule has 0 bridgehead atoms. The van der Waals surface area contributed by atoms with Crippen molar-refractivity contribution in [1.82, 2.24) is 5.32 Å². The molecule has 1 aliphatic carbocycles. The molecule has 0 aromatic heterocycles. The highest BCUT2D eigenvalue weighted by molar-refractivity contribution is 5.78. The predicted molar refractivity (Wildman–Crippen MR) is 59.6 cm³/mol. The molecule has 2 N–H and O–H groups in total. The average Bonchev–Trinajstić information content (AvgIpc) is 2.73. The minimum atomic E-state index is -0.780. The van der Waals surface area contributed by atoms with Crippen molar-refractivity contribution in [3.05, 3.63) is 0 Å². The summed E-state index contributed by atoms with van der Waals surface area (Å²) in [7, 11) is 1.56. The molecular formula is C11H19NO5. The number of carbonyl (C=O) groups excluding carboxylic acids is 1. The molecular weight excluding hydrogens is 226 g/mol. The molecule has 0 spiro atoms. The zero-order valence-corrected chi connectivity index (χ0v) is 9.98. The Morgan fingerprint density at radius 1 is 1.35 bits per heavy atom. The van der Waals surface area contributed by atoms with Crippen molar-refractivity contribution >= 4 is 11.9 Å². The lowest BCUT2D eigenvalue weighted by Crippen LogP contribution is -2.36. The van der Waals surface area contributed by atoms with Crippen LogP contribution in [-0.4, -0.2) is 50.0 Å². The highest BCUT2D eigenvalue weighted by Crippen LogP contribution is 2.25. The molecule has 1 amide bonds. The van der Waals surface area contributed by atoms with Crippen molar-refractivity contribution in [2.24, 2.45) is 5.92 Å². The summed E-state index contributed by atoms with van der Waals surface area (Å²) in [6, 6.07) is -0.0328. The van der Waals surface area contributed by atoms with Crippen LogP contribution in [0.25, 0.3) is 0 Å². The van der Waals surface area contributed by atoms with Gasteiger partial charge in [-0.1, -0.05) is 0 Å². The van der Waals surface area contributed by atoms with E-state index in [0.717, 1.165) is 6.42 Å². The number of carboxylic acids is 1. The van der Waals surface area contributed by atoms with Crippen LogP contribution < -0.4 is 5.32 Å². The van der Waals surface area contributed by atoms with Crippen molar-refractivity contribution in [3.63, 3.8) is 0 Å². The fraction of sp³-hybridized carbons (Fsp3) is 0.818. The number of amides is 1. The maximum Gasteiger partial charge on any atom is 0.306 e. The molecule has 0 aliphatic heterocycles. The van der Waals surface area contributed by atoms with Gasteiger partial charge in [-0.25, -0.2) is 0 Å². The summed E-state index contributed by atoms with van der Waals surface area (Å²) in [5, 5.41) is 11.6. The Labute approximate surface area is 100 Å². The van der Waals surface area contributed by atoms with Gasteiger partial charge in [0.15, 0.2) is 0 Å². The van der Waals surface area contributed by atoms with Gasteiger partial charge in [0.05, 0.1) is 19.1 Å². The smallest absolute Gasteiger partial charge is 0.306 e. The Bertz CT molecular complexity index is 269. The molecule has 0 radical (unpaired) electrons. The second kappa shape index (κ2) is 7.24. The van der Waals surface area contributed by atoms with Gasteiger partial charge >= 0.3 is 5.97 Å². The molecule has 1 fully saturated rings. The van der Waals surface area contributed by atoms with Crippen LogP contribution in [0.1, 0.15) is 19.3 Å². The maximum absolute atomic E-state index is 11.4. The van der Waals surface area contributed by atoms with Gasteiger partial charge in [0.25, 0.3) is 0 Å². The lowest BCUT2D eigenvalue weighted by molar-refractivity contribution is -0.141. The topological polar surface area (TPSA) is 84.9 Å². The molecule has 0 saturated heterocycles. The Hall–Kier alpha value is -1.14. The standard InChI is InChI=1S/C11H19NO5/c1-16-4-5-17-7-10(13)12-9-3-2-8(6-9)11(14)15/h8-9H,2-7H2,1H3,(H,12,13)(H,14,15)/t8-,9+/m1/s1. The molecule has 0 aromatic rings. The summed E-state index contributed by atoms with van der Waals surface area (Å²) >= 11 is 0. The van der Waals surface area contributed by atoms with Gasteiger partial charge in [0.2, 0.25) is 5.91 Å². The van der Waals surface area contributed by atoms with Crippen LogP contribution in [0.5, 0.6) is 0 Å². The van der Waals surface area contributed by atoms with Crippen LogP contribution in [0.3, 0.4) is 0 Å². The number of nitrogens with one attached hydrogen (secondary N) is 1. The van der Waals surface area contributed by atoms with Gasteiger partial charge < -0.3 is 19.9 Å². The van der Waals surface area contributed by atoms with Crippen LogP contribution >= 0.6 is 0 Å². The second-order valence-corrected chi connectivity index (χ2v) is 4.16. The van der Waals surface area contributed by atoms with Gasteiger partial charge in [0, 0.05) is 13.2 Å². The molecule has 0 unspecified atom stereocenters. The summed E-state index contributed by atoms with van der Waals surface area (Å²) in [6.45, 7) is 0.835. The van der Waals surface area contributed by atoms with Crippen molar-refractivity contribution in [2.75, 3.05) is 26.9 Å². The highest BCUT2D eigenvalue weighted by atomic mass is 16.5. The molecule has 1 aliphatic rings. The molecule has 1 rings (SSSR count). The lowest BCUT2D eigenvalue weighted by Gasteiger charge is -2.12. The number of carboxylic acid groups (broad SMARTS) is 1. The number of carbonyl (C=O) groups is 2. The molecule has 17 heavy (non-hydrogen) atoms. The predicted octanol–water partition coefficient (Wildman–Crippen LogP) is 0.0189. The third-order valence-corrected chi connectivity index (χ3v) is 2.81. The third-order valence-electron chi connectivity index (χ3n) is 2.81. The zero-order valence-electron chi connectivity index (χ0n) is 9.98. The van der Waals surface area contributed by atoms with E-state index in [4.69, 9.17) is 14.6 Å². The molecule has 1 saturated carbocycles. The molecule has 2 atom stereocenters. The van der Waals surface area contributed by atoms with E-state index in [9.17, 15) is 9.59 Å². The Morgan fingerprint density at radius 2 is 2.12 bits per heavy atom. The minimum absolute atomic E-state index is 0.00238. The summed E-state index contributed by atoms with van der Waals surface area (Å²) in [4.78, 5) is 22.1. The van der Waals surface area contributed by atoms with E-state index in [1.807, 2.05) is 0 Å². The van der Waals surface area contributed by atoms with Crippen molar-refractivity contribution < 1.29 is 24.2 Å². The van der Waals surface area contributed by atoms with Crippen LogP contribution in [0.4, 0.5) is 0 Å². The molecule has 0 aromatic carbocycles. The van der Waals surface area contributed by atoms with E-state index in [1.165, 1.54) is 0 Å². The fourth-order valence-corrected chi connectivity index (χ4v) is 1.91. The van der Waals surface area contributed by atoms with Gasteiger partial charge in [-0.15, -0.1) is 0 Å². The SMILES string of the molecule is COCCOCC(=O)N[C@H]1CC[C@@H](C(=O)O)C1. The first-order chi connectivity index (χ1) is 8.13. The Kier molecular flexibility index (Phi) is 5.93. The average molecular weight is 245 g/mol. The van der Waals surface area contributed by atoms with E-state index < -0.39 is 5.97 Å². The van der Waals surface area contributed by atoms with Crippen molar-refractivity contribution in [3.8, 4) is 0 Å². The van der Waals surface area contributed by atoms with Crippen LogP contribution in [0.2, 0.25) is 0 Å².